The van der Waals surface area contributed by atoms with Gasteiger partial charge in [0.05, 0.1) is 11.4 Å². The van der Waals surface area contributed by atoms with E-state index in [0.717, 1.165) is 6.42 Å². The predicted octanol–water partition coefficient (Wildman–Crippen LogP) is 3.77. The monoisotopic (exact) mass is 260 g/mol. The quantitative estimate of drug-likeness (QED) is 0.524. The number of hydrogen-bond donors (Lipinski definition) is 1. The zero-order valence-corrected chi connectivity index (χ0v) is 12.1. The molecule has 0 fully saturated rings. The van der Waals surface area contributed by atoms with Crippen LogP contribution in [0.5, 0.6) is 0 Å². The Morgan fingerprint density at radius 1 is 1.47 bits per heavy atom. The summed E-state index contributed by atoms with van der Waals surface area (Å²) in [5.74, 6) is 0.351. The van der Waals surface area contributed by atoms with Gasteiger partial charge in [-0.2, -0.15) is 0 Å². The molecule has 0 saturated heterocycles. The van der Waals surface area contributed by atoms with Crippen LogP contribution in [0.25, 0.3) is 0 Å². The summed E-state index contributed by atoms with van der Waals surface area (Å²) in [6, 6.07) is 0. The van der Waals surface area contributed by atoms with E-state index in [4.69, 9.17) is 0 Å². The molecular formula is C16H24N2O. The van der Waals surface area contributed by atoms with Crippen LogP contribution >= 0.6 is 0 Å². The first-order valence-corrected chi connectivity index (χ1v) is 6.48. The second-order valence-electron chi connectivity index (χ2n) is 4.29. The minimum Gasteiger partial charge on any atom is -0.325 e. The van der Waals surface area contributed by atoms with Crippen LogP contribution in [0.15, 0.2) is 53.3 Å². The minimum absolute atomic E-state index is 0.0261. The van der Waals surface area contributed by atoms with Crippen molar-refractivity contribution in [1.29, 1.82) is 0 Å². The summed E-state index contributed by atoms with van der Waals surface area (Å²) in [5, 5.41) is 2.83. The van der Waals surface area contributed by atoms with E-state index in [1.165, 1.54) is 0 Å². The van der Waals surface area contributed by atoms with E-state index in [0.29, 0.717) is 23.7 Å². The Hall–Kier alpha value is -1.90. The molecule has 1 unspecified atom stereocenters. The van der Waals surface area contributed by atoms with Gasteiger partial charge >= 0.3 is 0 Å². The fourth-order valence-corrected chi connectivity index (χ4v) is 1.30. The Labute approximate surface area is 116 Å². The lowest BCUT2D eigenvalue weighted by Crippen LogP contribution is -2.21. The standard InChI is InChI=1S/C16H24N2O/c1-6-8-9-10-13(3)11-12-15(14(4)17-5)18-16(19)7-2/h6,8-9,11-13H,1,5,7,10H2,2-4H3,(H,18,19)/b9-8-,12-11-,15-14+. The lowest BCUT2D eigenvalue weighted by atomic mass is 10.1. The molecule has 0 bridgehead atoms. The molecule has 0 aliphatic rings. The highest BCUT2D eigenvalue weighted by Gasteiger charge is 2.03. The van der Waals surface area contributed by atoms with E-state index in [1.54, 1.807) is 6.08 Å². The van der Waals surface area contributed by atoms with Crippen LogP contribution in [0.4, 0.5) is 0 Å². The van der Waals surface area contributed by atoms with Crippen molar-refractivity contribution in [3.8, 4) is 0 Å². The van der Waals surface area contributed by atoms with Gasteiger partial charge in [0, 0.05) is 6.42 Å². The van der Waals surface area contributed by atoms with Crippen molar-refractivity contribution in [3.05, 3.63) is 48.4 Å². The van der Waals surface area contributed by atoms with E-state index in [2.05, 4.69) is 36.6 Å². The lowest BCUT2D eigenvalue weighted by molar-refractivity contribution is -0.120. The smallest absolute Gasteiger partial charge is 0.224 e. The van der Waals surface area contributed by atoms with Gasteiger partial charge in [-0.05, 0) is 32.1 Å². The van der Waals surface area contributed by atoms with Crippen LogP contribution in [-0.4, -0.2) is 12.6 Å². The van der Waals surface area contributed by atoms with E-state index < -0.39 is 0 Å². The molecule has 0 aromatic carbocycles. The number of carbonyl (C=O) groups excluding carboxylic acids is 1. The van der Waals surface area contributed by atoms with E-state index >= 15 is 0 Å². The Bertz CT molecular complexity index is 403. The first kappa shape index (κ1) is 17.1. The number of allylic oxidation sites excluding steroid dienone is 6. The van der Waals surface area contributed by atoms with Gasteiger partial charge in [-0.15, -0.1) is 0 Å². The molecule has 0 saturated carbocycles. The molecule has 0 aromatic heterocycles. The van der Waals surface area contributed by atoms with E-state index in [9.17, 15) is 4.79 Å². The van der Waals surface area contributed by atoms with E-state index in [1.807, 2.05) is 32.1 Å². The van der Waals surface area contributed by atoms with Crippen molar-refractivity contribution in [2.45, 2.75) is 33.6 Å². The summed E-state index contributed by atoms with van der Waals surface area (Å²) in [5.41, 5.74) is 1.42. The molecule has 104 valence electrons. The maximum Gasteiger partial charge on any atom is 0.224 e. The van der Waals surface area contributed by atoms with Gasteiger partial charge < -0.3 is 5.32 Å². The summed E-state index contributed by atoms with van der Waals surface area (Å²) >= 11 is 0. The summed E-state index contributed by atoms with van der Waals surface area (Å²) in [6.45, 7) is 12.9. The second-order valence-corrected chi connectivity index (χ2v) is 4.29. The number of carbonyl (C=O) groups is 1. The highest BCUT2D eigenvalue weighted by atomic mass is 16.1. The van der Waals surface area contributed by atoms with Crippen molar-refractivity contribution in [1.82, 2.24) is 5.32 Å². The molecule has 0 spiro atoms. The molecule has 0 heterocycles. The predicted molar refractivity (Wildman–Crippen MR) is 82.9 cm³/mol. The second kappa shape index (κ2) is 10.1. The van der Waals surface area contributed by atoms with Gasteiger partial charge in [0.1, 0.15) is 0 Å². The topological polar surface area (TPSA) is 41.5 Å². The molecule has 3 heteroatoms. The van der Waals surface area contributed by atoms with Gasteiger partial charge in [-0.1, -0.05) is 44.7 Å². The maximum absolute atomic E-state index is 11.4. The number of hydrogen-bond acceptors (Lipinski definition) is 2. The van der Waals surface area contributed by atoms with Crippen molar-refractivity contribution in [2.24, 2.45) is 10.9 Å². The zero-order valence-electron chi connectivity index (χ0n) is 12.1. The third-order valence-electron chi connectivity index (χ3n) is 2.59. The summed E-state index contributed by atoms with van der Waals surface area (Å²) in [7, 11) is 0. The average Bonchev–Trinajstić information content (AvgIpc) is 2.42. The highest BCUT2D eigenvalue weighted by molar-refractivity contribution is 5.78. The van der Waals surface area contributed by atoms with Crippen molar-refractivity contribution in [3.63, 3.8) is 0 Å². The number of amides is 1. The van der Waals surface area contributed by atoms with Gasteiger partial charge in [0.15, 0.2) is 0 Å². The third-order valence-corrected chi connectivity index (χ3v) is 2.59. The normalized spacial score (nSPS) is 14.3. The number of nitrogens with one attached hydrogen (secondary N) is 1. The largest absolute Gasteiger partial charge is 0.325 e. The van der Waals surface area contributed by atoms with Crippen LogP contribution in [0.2, 0.25) is 0 Å². The Kier molecular flexibility index (Phi) is 9.06. The number of rotatable bonds is 8. The molecule has 1 amide bonds. The molecule has 3 nitrogen and oxygen atoms in total. The average molecular weight is 260 g/mol. The number of aliphatic imine (C=N–C) groups is 1. The molecule has 0 rings (SSSR count). The summed E-state index contributed by atoms with van der Waals surface area (Å²) < 4.78 is 0. The molecule has 0 radical (unpaired) electrons. The number of nitrogens with zero attached hydrogens (tertiary/aromatic N) is 1. The third kappa shape index (κ3) is 7.92. The van der Waals surface area contributed by atoms with Crippen molar-refractivity contribution >= 4 is 12.6 Å². The van der Waals surface area contributed by atoms with E-state index in [-0.39, 0.29) is 5.91 Å². The fourth-order valence-electron chi connectivity index (χ4n) is 1.30. The molecule has 0 aromatic rings. The van der Waals surface area contributed by atoms with Crippen molar-refractivity contribution < 1.29 is 4.79 Å². The van der Waals surface area contributed by atoms with Crippen LogP contribution in [0.3, 0.4) is 0 Å². The van der Waals surface area contributed by atoms with Gasteiger partial charge in [0.2, 0.25) is 5.91 Å². The molecule has 1 N–H and O–H groups in total. The first-order valence-electron chi connectivity index (χ1n) is 6.48. The molecule has 19 heavy (non-hydrogen) atoms. The Morgan fingerprint density at radius 3 is 2.68 bits per heavy atom. The SMILES string of the molecule is C=C/C=C\CC(C)/C=C\C(NC(=O)CC)=C(\C)N=C. The lowest BCUT2D eigenvalue weighted by Gasteiger charge is -2.08. The Balaban J connectivity index is 4.73. The summed E-state index contributed by atoms with van der Waals surface area (Å²) in [4.78, 5) is 15.3. The zero-order chi connectivity index (χ0) is 14.7. The fraction of sp³-hybridized carbons (Fsp3) is 0.375. The van der Waals surface area contributed by atoms with Crippen LogP contribution < -0.4 is 5.32 Å². The Morgan fingerprint density at radius 2 is 2.16 bits per heavy atom. The van der Waals surface area contributed by atoms with Crippen LogP contribution in [0, 0.1) is 5.92 Å². The molecule has 1 atom stereocenters. The highest BCUT2D eigenvalue weighted by Crippen LogP contribution is 2.09. The van der Waals surface area contributed by atoms with Gasteiger partial charge in [-0.25, -0.2) is 0 Å². The van der Waals surface area contributed by atoms with Crippen LogP contribution in [0.1, 0.15) is 33.6 Å². The van der Waals surface area contributed by atoms with Crippen LogP contribution in [-0.2, 0) is 4.79 Å². The van der Waals surface area contributed by atoms with Gasteiger partial charge in [-0.3, -0.25) is 9.79 Å². The van der Waals surface area contributed by atoms with Gasteiger partial charge in [0.25, 0.3) is 0 Å². The summed E-state index contributed by atoms with van der Waals surface area (Å²) in [6.07, 6.45) is 11.1. The molecule has 0 aliphatic carbocycles. The van der Waals surface area contributed by atoms with Crippen molar-refractivity contribution in [2.75, 3.05) is 0 Å². The maximum atomic E-state index is 11.4. The molecular weight excluding hydrogens is 236 g/mol. The minimum atomic E-state index is -0.0261. The first-order chi connectivity index (χ1) is 9.04. The molecule has 0 aliphatic heterocycles.